The van der Waals surface area contributed by atoms with Crippen LogP contribution in [0.3, 0.4) is 0 Å². The van der Waals surface area contributed by atoms with Gasteiger partial charge in [0.15, 0.2) is 0 Å². The number of unbranched alkanes of at least 4 members (excludes halogenated alkanes) is 1. The number of aliphatic hydroxyl groups excluding tert-OH is 1. The van der Waals surface area contributed by atoms with Crippen LogP contribution in [0.15, 0.2) is 0 Å². The van der Waals surface area contributed by atoms with E-state index in [1.54, 1.807) is 0 Å². The second kappa shape index (κ2) is 9.05. The molecular weight excluding hydrogens is 290 g/mol. The van der Waals surface area contributed by atoms with Crippen LogP contribution in [0.5, 0.6) is 0 Å². The van der Waals surface area contributed by atoms with Crippen molar-refractivity contribution in [1.29, 1.82) is 0 Å². The molecule has 1 atom stereocenters. The minimum Gasteiger partial charge on any atom is -0.395 e. The first-order valence-corrected chi connectivity index (χ1v) is 9.40. The van der Waals surface area contributed by atoms with Crippen molar-refractivity contribution in [3.8, 4) is 0 Å². The lowest BCUT2D eigenvalue weighted by Gasteiger charge is -2.33. The van der Waals surface area contributed by atoms with Crippen molar-refractivity contribution in [3.63, 3.8) is 0 Å². The van der Waals surface area contributed by atoms with E-state index in [-0.39, 0.29) is 12.6 Å². The number of aliphatic hydroxyl groups is 1. The van der Waals surface area contributed by atoms with E-state index < -0.39 is 10.2 Å². The lowest BCUT2D eigenvalue weighted by molar-refractivity contribution is 0.154. The highest BCUT2D eigenvalue weighted by Gasteiger charge is 2.31. The van der Waals surface area contributed by atoms with Gasteiger partial charge in [-0.2, -0.15) is 12.7 Å². The summed E-state index contributed by atoms with van der Waals surface area (Å²) in [4.78, 5) is 2.25. The van der Waals surface area contributed by atoms with Gasteiger partial charge in [0.2, 0.25) is 0 Å². The molecule has 0 saturated carbocycles. The van der Waals surface area contributed by atoms with Crippen molar-refractivity contribution in [2.75, 3.05) is 33.3 Å². The number of hydrogen-bond acceptors (Lipinski definition) is 4. The fourth-order valence-electron chi connectivity index (χ4n) is 2.50. The van der Waals surface area contributed by atoms with Crippen LogP contribution < -0.4 is 4.72 Å². The zero-order valence-electron chi connectivity index (χ0n) is 13.6. The Kier molecular flexibility index (Phi) is 8.12. The van der Waals surface area contributed by atoms with E-state index in [9.17, 15) is 13.5 Å². The number of nitrogens with one attached hydrogen (secondary N) is 1. The van der Waals surface area contributed by atoms with Crippen LogP contribution in [0.2, 0.25) is 0 Å². The highest BCUT2D eigenvalue weighted by atomic mass is 32.2. The molecule has 1 saturated heterocycles. The molecular formula is C14H31N3O3S. The molecule has 1 aliphatic rings. The molecule has 0 bridgehead atoms. The quantitative estimate of drug-likeness (QED) is 0.616. The molecule has 21 heavy (non-hydrogen) atoms. The van der Waals surface area contributed by atoms with Crippen molar-refractivity contribution in [2.45, 2.75) is 58.0 Å². The van der Waals surface area contributed by atoms with Gasteiger partial charge in [-0.15, -0.1) is 0 Å². The average Bonchev–Trinajstić information content (AvgIpc) is 2.46. The smallest absolute Gasteiger partial charge is 0.279 e. The highest BCUT2D eigenvalue weighted by Crippen LogP contribution is 2.19. The van der Waals surface area contributed by atoms with Crippen molar-refractivity contribution >= 4 is 10.2 Å². The Balaban J connectivity index is 2.32. The van der Waals surface area contributed by atoms with Crippen molar-refractivity contribution < 1.29 is 13.5 Å². The van der Waals surface area contributed by atoms with Gasteiger partial charge in [0.05, 0.1) is 6.61 Å². The Morgan fingerprint density at radius 2 is 2.05 bits per heavy atom. The first kappa shape index (κ1) is 18.8. The normalized spacial score (nSPS) is 21.3. The fraction of sp³-hybridized carbons (Fsp3) is 1.00. The molecule has 0 radical (unpaired) electrons. The summed E-state index contributed by atoms with van der Waals surface area (Å²) in [6, 6.07) is 0.253. The number of hydrogen-bond donors (Lipinski definition) is 2. The van der Waals surface area contributed by atoms with Crippen LogP contribution in [0, 0.1) is 0 Å². The van der Waals surface area contributed by atoms with Crippen molar-refractivity contribution in [1.82, 2.24) is 13.9 Å². The topological polar surface area (TPSA) is 72.9 Å². The van der Waals surface area contributed by atoms with Crippen LogP contribution in [0.1, 0.15) is 46.0 Å². The van der Waals surface area contributed by atoms with E-state index in [0.29, 0.717) is 19.1 Å². The molecule has 7 heteroatoms. The molecule has 1 heterocycles. The van der Waals surface area contributed by atoms with Gasteiger partial charge in [0.1, 0.15) is 0 Å². The molecule has 0 aromatic rings. The molecule has 0 aromatic carbocycles. The van der Waals surface area contributed by atoms with Gasteiger partial charge in [-0.05, 0) is 53.1 Å². The highest BCUT2D eigenvalue weighted by molar-refractivity contribution is 7.87. The van der Waals surface area contributed by atoms with E-state index in [1.165, 1.54) is 4.31 Å². The van der Waals surface area contributed by atoms with Gasteiger partial charge in [-0.3, -0.25) is 0 Å². The van der Waals surface area contributed by atoms with Crippen LogP contribution in [-0.2, 0) is 10.2 Å². The van der Waals surface area contributed by atoms with Crippen LogP contribution in [0.4, 0.5) is 0 Å². The minimum absolute atomic E-state index is 0.0971. The van der Waals surface area contributed by atoms with Crippen LogP contribution >= 0.6 is 0 Å². The summed E-state index contributed by atoms with van der Waals surface area (Å²) in [6.07, 6.45) is 4.40. The van der Waals surface area contributed by atoms with Gasteiger partial charge in [-0.1, -0.05) is 6.42 Å². The Labute approximate surface area is 129 Å². The predicted octanol–water partition coefficient (Wildman–Crippen LogP) is 0.788. The second-order valence-electron chi connectivity index (χ2n) is 6.12. The largest absolute Gasteiger partial charge is 0.395 e. The molecule has 1 rings (SSSR count). The average molecular weight is 321 g/mol. The molecule has 6 nitrogen and oxygen atoms in total. The Morgan fingerprint density at radius 1 is 1.33 bits per heavy atom. The van der Waals surface area contributed by atoms with E-state index in [2.05, 4.69) is 30.5 Å². The Morgan fingerprint density at radius 3 is 2.67 bits per heavy atom. The summed E-state index contributed by atoms with van der Waals surface area (Å²) in [5.41, 5.74) is 0. The molecule has 0 aromatic heterocycles. The lowest BCUT2D eigenvalue weighted by Crippen LogP contribution is -2.50. The third-order valence-corrected chi connectivity index (χ3v) is 5.86. The summed E-state index contributed by atoms with van der Waals surface area (Å²) in [6.45, 7) is 6.14. The Bertz CT molecular complexity index is 387. The standard InChI is InChI=1S/C14H31N3O3S/c1-13(2)16(3)10-7-5-9-15-21(19,20)17-11-6-4-8-14(17)12-18/h13-15,18H,4-12H2,1-3H3. The summed E-state index contributed by atoms with van der Waals surface area (Å²) in [5.74, 6) is 0. The molecule has 126 valence electrons. The predicted molar refractivity (Wildman–Crippen MR) is 85.4 cm³/mol. The van der Waals surface area contributed by atoms with Crippen molar-refractivity contribution in [2.24, 2.45) is 0 Å². The van der Waals surface area contributed by atoms with Gasteiger partial charge in [0, 0.05) is 25.2 Å². The molecule has 1 unspecified atom stereocenters. The van der Waals surface area contributed by atoms with Gasteiger partial charge >= 0.3 is 0 Å². The number of piperidine rings is 1. The molecule has 1 aliphatic heterocycles. The van der Waals surface area contributed by atoms with Crippen LogP contribution in [0.25, 0.3) is 0 Å². The minimum atomic E-state index is -3.45. The first-order valence-electron chi connectivity index (χ1n) is 7.96. The fourth-order valence-corrected chi connectivity index (χ4v) is 4.00. The zero-order chi connectivity index (χ0) is 15.9. The summed E-state index contributed by atoms with van der Waals surface area (Å²) < 4.78 is 28.6. The summed E-state index contributed by atoms with van der Waals surface area (Å²) in [5, 5.41) is 9.31. The van der Waals surface area contributed by atoms with E-state index in [4.69, 9.17) is 0 Å². The SMILES string of the molecule is CC(C)N(C)CCCCNS(=O)(=O)N1CCCCC1CO. The van der Waals surface area contributed by atoms with E-state index in [1.807, 2.05) is 0 Å². The van der Waals surface area contributed by atoms with Crippen LogP contribution in [-0.4, -0.2) is 68.1 Å². The monoisotopic (exact) mass is 321 g/mol. The van der Waals surface area contributed by atoms with E-state index >= 15 is 0 Å². The maximum absolute atomic E-state index is 12.3. The second-order valence-corrected chi connectivity index (χ2v) is 7.83. The lowest BCUT2D eigenvalue weighted by atomic mass is 10.1. The molecule has 0 amide bonds. The maximum atomic E-state index is 12.3. The Hall–Kier alpha value is -0.210. The molecule has 0 spiro atoms. The zero-order valence-corrected chi connectivity index (χ0v) is 14.4. The summed E-state index contributed by atoms with van der Waals surface area (Å²) >= 11 is 0. The van der Waals surface area contributed by atoms with Gasteiger partial charge in [-0.25, -0.2) is 4.72 Å². The van der Waals surface area contributed by atoms with Gasteiger partial charge in [0.25, 0.3) is 10.2 Å². The third-order valence-electron chi connectivity index (χ3n) is 4.20. The van der Waals surface area contributed by atoms with Crippen molar-refractivity contribution in [3.05, 3.63) is 0 Å². The molecule has 0 aliphatic carbocycles. The van der Waals surface area contributed by atoms with E-state index in [0.717, 1.165) is 38.6 Å². The van der Waals surface area contributed by atoms with Gasteiger partial charge < -0.3 is 10.0 Å². The molecule has 2 N–H and O–H groups in total. The third kappa shape index (κ3) is 6.20. The number of nitrogens with zero attached hydrogens (tertiary/aromatic N) is 2. The number of rotatable bonds is 9. The maximum Gasteiger partial charge on any atom is 0.279 e. The first-order chi connectivity index (χ1) is 9.88. The summed E-state index contributed by atoms with van der Waals surface area (Å²) in [7, 11) is -1.37. The molecule has 1 fully saturated rings.